The molecule has 0 aromatic rings. The van der Waals surface area contributed by atoms with Gasteiger partial charge in [0.1, 0.15) is 6.10 Å². The molecule has 0 aromatic carbocycles. The van der Waals surface area contributed by atoms with E-state index in [2.05, 4.69) is 19.7 Å². The third-order valence-electron chi connectivity index (χ3n) is 6.17. The van der Waals surface area contributed by atoms with Gasteiger partial charge in [0, 0.05) is 42.4 Å². The quantitative estimate of drug-likeness (QED) is 0.0837. The van der Waals surface area contributed by atoms with Crippen LogP contribution in [0.25, 0.3) is 0 Å². The minimum atomic E-state index is -0.828. The molecule has 0 saturated carbocycles. The minimum Gasteiger partial charge on any atom is -0.481 e. The third-order valence-corrected chi connectivity index (χ3v) is 6.17. The molecular weight excluding hydrogens is 604 g/mol. The zero-order valence-electron chi connectivity index (χ0n) is 27.6. The van der Waals surface area contributed by atoms with E-state index in [4.69, 9.17) is 33.5 Å². The van der Waals surface area contributed by atoms with Crippen LogP contribution in [0.1, 0.15) is 91.9 Å². The molecule has 0 bridgehead atoms. The molecule has 1 fully saturated rings. The van der Waals surface area contributed by atoms with E-state index in [1.807, 2.05) is 6.92 Å². The fourth-order valence-corrected chi connectivity index (χ4v) is 3.59. The normalized spacial score (nSPS) is 16.8. The van der Waals surface area contributed by atoms with Crippen molar-refractivity contribution in [1.29, 1.82) is 0 Å². The second kappa shape index (κ2) is 24.3. The number of hydrogen-bond donors (Lipinski definition) is 1. The maximum Gasteiger partial charge on any atom is 0.333 e. The molecule has 46 heavy (non-hydrogen) atoms. The van der Waals surface area contributed by atoms with Gasteiger partial charge in [0.05, 0.1) is 32.5 Å². The maximum atomic E-state index is 12.2. The zero-order valence-corrected chi connectivity index (χ0v) is 27.6. The van der Waals surface area contributed by atoms with Gasteiger partial charge in [0.25, 0.3) is 0 Å². The minimum absolute atomic E-state index is 0.116. The van der Waals surface area contributed by atoms with Crippen molar-refractivity contribution >= 4 is 35.8 Å². The summed E-state index contributed by atoms with van der Waals surface area (Å²) in [6.07, 6.45) is 2.63. The van der Waals surface area contributed by atoms with Crippen LogP contribution in [0.15, 0.2) is 36.5 Å². The predicted molar refractivity (Wildman–Crippen MR) is 166 cm³/mol. The van der Waals surface area contributed by atoms with Crippen molar-refractivity contribution in [2.45, 2.75) is 110 Å². The molecule has 1 aliphatic heterocycles. The van der Waals surface area contributed by atoms with Crippen LogP contribution in [0, 0.1) is 0 Å². The largest absolute Gasteiger partial charge is 0.481 e. The lowest BCUT2D eigenvalue weighted by Crippen LogP contribution is -2.45. The number of carboxylic acid groups (broad SMARTS) is 1. The highest BCUT2D eigenvalue weighted by molar-refractivity contribution is 5.87. The van der Waals surface area contributed by atoms with Gasteiger partial charge in [-0.05, 0) is 66.2 Å². The molecular formula is C33H50O13. The number of carbonyl (C=O) groups is 6. The van der Waals surface area contributed by atoms with Gasteiger partial charge in [0.2, 0.25) is 0 Å². The van der Waals surface area contributed by atoms with Gasteiger partial charge in [-0.1, -0.05) is 19.7 Å². The summed E-state index contributed by atoms with van der Waals surface area (Å²) >= 11 is 0. The number of carboxylic acids is 1. The van der Waals surface area contributed by atoms with Gasteiger partial charge in [-0.3, -0.25) is 14.4 Å². The summed E-state index contributed by atoms with van der Waals surface area (Å²) in [7, 11) is 0. The van der Waals surface area contributed by atoms with E-state index in [9.17, 15) is 28.8 Å². The van der Waals surface area contributed by atoms with Crippen LogP contribution >= 0.6 is 0 Å². The maximum absolute atomic E-state index is 12.2. The molecule has 0 radical (unpaired) electrons. The molecule has 1 unspecified atom stereocenters. The zero-order chi connectivity index (χ0) is 35.1. The van der Waals surface area contributed by atoms with Crippen LogP contribution in [0.4, 0.5) is 0 Å². The first-order valence-electron chi connectivity index (χ1n) is 15.3. The molecule has 3 atom stereocenters. The second-order valence-electron chi connectivity index (χ2n) is 11.0. The molecule has 13 nitrogen and oxygen atoms in total. The number of carbonyl (C=O) groups excluding carboxylic acids is 5. The van der Waals surface area contributed by atoms with Crippen molar-refractivity contribution in [2.24, 2.45) is 0 Å². The second-order valence-corrected chi connectivity index (χ2v) is 11.0. The molecule has 0 spiro atoms. The van der Waals surface area contributed by atoms with Crippen molar-refractivity contribution in [1.82, 2.24) is 0 Å². The molecule has 260 valence electrons. The first-order chi connectivity index (χ1) is 21.6. The summed E-state index contributed by atoms with van der Waals surface area (Å²) in [6, 6.07) is 0. The van der Waals surface area contributed by atoms with Crippen LogP contribution < -0.4 is 0 Å². The lowest BCUT2D eigenvalue weighted by atomic mass is 10.0. The molecule has 0 amide bonds. The molecule has 1 heterocycles. The topological polar surface area (TPSA) is 178 Å². The van der Waals surface area contributed by atoms with E-state index in [0.717, 1.165) is 0 Å². The highest BCUT2D eigenvalue weighted by atomic mass is 16.6. The molecule has 0 aliphatic carbocycles. The first-order valence-corrected chi connectivity index (χ1v) is 15.3. The average Bonchev–Trinajstić information content (AvgIpc) is 2.97. The van der Waals surface area contributed by atoms with Crippen LogP contribution in [0.5, 0.6) is 0 Å². The van der Waals surface area contributed by atoms with Crippen LogP contribution in [-0.2, 0) is 57.2 Å². The number of rotatable bonds is 20. The Kier molecular flexibility index (Phi) is 22.2. The van der Waals surface area contributed by atoms with Crippen molar-refractivity contribution < 1.29 is 62.3 Å². The van der Waals surface area contributed by atoms with Gasteiger partial charge in [0.15, 0.2) is 6.10 Å². The number of esters is 5. The van der Waals surface area contributed by atoms with E-state index in [1.165, 1.54) is 0 Å². The third kappa shape index (κ3) is 21.7. The lowest BCUT2D eigenvalue weighted by molar-refractivity contribution is -0.188. The fourth-order valence-electron chi connectivity index (χ4n) is 3.59. The van der Waals surface area contributed by atoms with Crippen LogP contribution in [0.2, 0.25) is 0 Å². The monoisotopic (exact) mass is 654 g/mol. The molecule has 1 aliphatic rings. The van der Waals surface area contributed by atoms with Gasteiger partial charge in [-0.25, -0.2) is 14.4 Å². The van der Waals surface area contributed by atoms with E-state index < -0.39 is 48.0 Å². The molecule has 0 aromatic heterocycles. The average molecular weight is 655 g/mol. The van der Waals surface area contributed by atoms with Gasteiger partial charge in [-0.15, -0.1) is 0 Å². The van der Waals surface area contributed by atoms with Gasteiger partial charge < -0.3 is 33.5 Å². The van der Waals surface area contributed by atoms with Crippen molar-refractivity contribution in [2.75, 3.05) is 26.4 Å². The summed E-state index contributed by atoms with van der Waals surface area (Å²) < 4.78 is 31.3. The summed E-state index contributed by atoms with van der Waals surface area (Å²) in [4.78, 5) is 67.9. The summed E-state index contributed by atoms with van der Waals surface area (Å²) in [6.45, 7) is 17.8. The van der Waals surface area contributed by atoms with Crippen molar-refractivity contribution in [3.8, 4) is 0 Å². The Morgan fingerprint density at radius 3 is 1.37 bits per heavy atom. The van der Waals surface area contributed by atoms with Crippen LogP contribution in [-0.4, -0.2) is 85.7 Å². The van der Waals surface area contributed by atoms with E-state index in [0.29, 0.717) is 61.7 Å². The van der Waals surface area contributed by atoms with Gasteiger partial charge >= 0.3 is 35.8 Å². The molecule has 1 N–H and O–H groups in total. The molecule has 1 rings (SSSR count). The predicted octanol–water partition coefficient (Wildman–Crippen LogP) is 4.56. The van der Waals surface area contributed by atoms with E-state index >= 15 is 0 Å². The Morgan fingerprint density at radius 2 is 1.00 bits per heavy atom. The summed E-state index contributed by atoms with van der Waals surface area (Å²) in [5, 5.41) is 8.29. The standard InChI is InChI=1S/C24H36O9.C9H14O4/c1-16(2)23(27)29-12-8-6-10-21(25)32-19-14-18(5)31-15-20(19)33-22(26)11-7-9-13-30-24(28)17(3)4;1-7(2)9(12)13-6-4-3-5-8(10)11/h18-20H,1,3,6-15H2,2,4-5H3;1,3-6H2,2H3,(H,10,11)/t18?,19-,20+;/m0./s1. The Labute approximate surface area is 271 Å². The van der Waals surface area contributed by atoms with Gasteiger partial charge in [-0.2, -0.15) is 0 Å². The summed E-state index contributed by atoms with van der Waals surface area (Å²) in [5.74, 6) is -2.98. The molecule has 1 saturated heterocycles. The Bertz CT molecular complexity index is 1060. The first kappa shape index (κ1) is 42.0. The molecule has 13 heteroatoms. The Balaban J connectivity index is 0.00000131. The van der Waals surface area contributed by atoms with E-state index in [-0.39, 0.29) is 51.8 Å². The fraction of sp³-hybridized carbons (Fsp3) is 0.636. The van der Waals surface area contributed by atoms with Crippen molar-refractivity contribution in [3.63, 3.8) is 0 Å². The van der Waals surface area contributed by atoms with Crippen molar-refractivity contribution in [3.05, 3.63) is 36.5 Å². The number of hydrogen-bond acceptors (Lipinski definition) is 12. The van der Waals surface area contributed by atoms with E-state index in [1.54, 1.807) is 20.8 Å². The summed E-state index contributed by atoms with van der Waals surface area (Å²) in [5.41, 5.74) is 1.01. The number of aliphatic carboxylic acids is 1. The van der Waals surface area contributed by atoms with Crippen LogP contribution in [0.3, 0.4) is 0 Å². The number of ether oxygens (including phenoxy) is 6. The Morgan fingerprint density at radius 1 is 0.630 bits per heavy atom. The smallest absolute Gasteiger partial charge is 0.333 e. The highest BCUT2D eigenvalue weighted by Gasteiger charge is 2.35. The lowest BCUT2D eigenvalue weighted by Gasteiger charge is -2.34. The highest BCUT2D eigenvalue weighted by Crippen LogP contribution is 2.21. The SMILES string of the molecule is C=C(C)C(=O)OCCCCC(=O)O.C=C(C)C(=O)OCCCCC(=O)O[C@H]1CC(C)OC[C@H]1OC(=O)CCCCOC(=O)C(=C)C. The number of unbranched alkanes of at least 4 members (excludes halogenated alkanes) is 3. The Hall–Kier alpha value is -4.00.